The average molecular weight is 451 g/mol. The molecule has 1 heterocycles. The number of thiazole rings is 1. The molecule has 2 aromatic carbocycles. The van der Waals surface area contributed by atoms with Gasteiger partial charge in [-0.15, -0.1) is 11.8 Å². The fourth-order valence-electron chi connectivity index (χ4n) is 2.79. The predicted octanol–water partition coefficient (Wildman–Crippen LogP) is 3.61. The lowest BCUT2D eigenvalue weighted by Gasteiger charge is -2.06. The Labute approximate surface area is 178 Å². The molecule has 0 aliphatic rings. The zero-order valence-electron chi connectivity index (χ0n) is 16.4. The molecule has 0 bridgehead atoms. The van der Waals surface area contributed by atoms with Gasteiger partial charge in [0.05, 0.1) is 21.7 Å². The van der Waals surface area contributed by atoms with Gasteiger partial charge >= 0.3 is 0 Å². The average Bonchev–Trinajstić information content (AvgIpc) is 3.04. The fraction of sp³-hybridized carbons (Fsp3) is 0.300. The molecule has 6 nitrogen and oxygen atoms in total. The number of thioether (sulfide) groups is 1. The summed E-state index contributed by atoms with van der Waals surface area (Å²) in [7, 11) is -3.32. The molecule has 0 saturated carbocycles. The van der Waals surface area contributed by atoms with E-state index in [1.54, 1.807) is 36.0 Å². The van der Waals surface area contributed by atoms with Gasteiger partial charge in [0.25, 0.3) is 5.91 Å². The van der Waals surface area contributed by atoms with Crippen LogP contribution < -0.4 is 4.80 Å². The number of nitrogens with zero attached hydrogens (tertiary/aromatic N) is 2. The lowest BCUT2D eigenvalue weighted by Crippen LogP contribution is -2.19. The molecule has 1 amide bonds. The van der Waals surface area contributed by atoms with Crippen LogP contribution in [0.1, 0.15) is 17.3 Å². The van der Waals surface area contributed by atoms with Crippen LogP contribution in [-0.2, 0) is 21.1 Å². The fourth-order valence-corrected chi connectivity index (χ4v) is 5.07. The number of fused-ring (bicyclic) bond motifs is 1. The molecular weight excluding hydrogens is 428 g/mol. The van der Waals surface area contributed by atoms with Gasteiger partial charge in [0.2, 0.25) is 0 Å². The summed E-state index contributed by atoms with van der Waals surface area (Å²) in [5, 5.41) is 0. The van der Waals surface area contributed by atoms with Crippen LogP contribution in [0.2, 0.25) is 0 Å². The Bertz CT molecular complexity index is 1210. The second-order valence-corrected chi connectivity index (χ2v) is 10.2. The van der Waals surface area contributed by atoms with E-state index in [0.29, 0.717) is 30.1 Å². The van der Waals surface area contributed by atoms with Crippen LogP contribution in [0.3, 0.4) is 0 Å². The van der Waals surface area contributed by atoms with Crippen LogP contribution in [0.25, 0.3) is 10.2 Å². The largest absolute Gasteiger partial charge is 0.380 e. The minimum absolute atomic E-state index is 0.244. The van der Waals surface area contributed by atoms with Crippen LogP contribution in [0.5, 0.6) is 0 Å². The van der Waals surface area contributed by atoms with E-state index in [1.807, 2.05) is 35.9 Å². The highest BCUT2D eigenvalue weighted by atomic mass is 32.2. The van der Waals surface area contributed by atoms with Crippen molar-refractivity contribution >= 4 is 49.1 Å². The monoisotopic (exact) mass is 450 g/mol. The van der Waals surface area contributed by atoms with Gasteiger partial charge in [-0.1, -0.05) is 17.4 Å². The van der Waals surface area contributed by atoms with Gasteiger partial charge < -0.3 is 9.30 Å². The van der Waals surface area contributed by atoms with Crippen molar-refractivity contribution in [1.29, 1.82) is 0 Å². The van der Waals surface area contributed by atoms with Gasteiger partial charge in [-0.25, -0.2) is 8.42 Å². The number of amides is 1. The standard InChI is InChI=1S/C20H22N2O4S3/c1-4-26-11-10-22-17-9-8-16(29(3,24)25)13-18(17)28-20(22)21-19(23)14-6-5-7-15(12-14)27-2/h5-9,12-13H,4,10-11H2,1-3H3. The van der Waals surface area contributed by atoms with Crippen LogP contribution in [0.4, 0.5) is 0 Å². The van der Waals surface area contributed by atoms with E-state index in [9.17, 15) is 13.2 Å². The molecule has 0 aliphatic heterocycles. The number of carbonyl (C=O) groups excluding carboxylic acids is 1. The smallest absolute Gasteiger partial charge is 0.279 e. The Balaban J connectivity index is 2.11. The van der Waals surface area contributed by atoms with Crippen molar-refractivity contribution in [3.05, 3.63) is 52.8 Å². The Hall–Kier alpha value is -1.94. The summed E-state index contributed by atoms with van der Waals surface area (Å²) < 4.78 is 31.9. The maximum Gasteiger partial charge on any atom is 0.279 e. The minimum atomic E-state index is -3.32. The highest BCUT2D eigenvalue weighted by Gasteiger charge is 2.13. The first kappa shape index (κ1) is 21.8. The van der Waals surface area contributed by atoms with Crippen molar-refractivity contribution in [2.45, 2.75) is 23.3 Å². The van der Waals surface area contributed by atoms with Gasteiger partial charge in [-0.2, -0.15) is 4.99 Å². The molecule has 154 valence electrons. The number of hydrogen-bond acceptors (Lipinski definition) is 6. The summed E-state index contributed by atoms with van der Waals surface area (Å²) >= 11 is 2.86. The molecule has 0 radical (unpaired) electrons. The molecule has 0 fully saturated rings. The van der Waals surface area contributed by atoms with Crippen molar-refractivity contribution in [2.75, 3.05) is 25.7 Å². The molecule has 0 aliphatic carbocycles. The van der Waals surface area contributed by atoms with Gasteiger partial charge in [-0.3, -0.25) is 4.79 Å². The van der Waals surface area contributed by atoms with Crippen LogP contribution >= 0.6 is 23.1 Å². The van der Waals surface area contributed by atoms with Crippen LogP contribution in [0, 0.1) is 0 Å². The van der Waals surface area contributed by atoms with E-state index in [4.69, 9.17) is 4.74 Å². The number of benzene rings is 2. The zero-order valence-corrected chi connectivity index (χ0v) is 18.9. The molecule has 0 unspecified atom stereocenters. The third-order valence-electron chi connectivity index (χ3n) is 4.26. The van der Waals surface area contributed by atoms with Crippen molar-refractivity contribution in [3.8, 4) is 0 Å². The van der Waals surface area contributed by atoms with Crippen LogP contribution in [-0.4, -0.2) is 44.6 Å². The van der Waals surface area contributed by atoms with Crippen molar-refractivity contribution in [1.82, 2.24) is 4.57 Å². The third kappa shape index (κ3) is 5.16. The third-order valence-corrected chi connectivity index (χ3v) is 7.14. The first-order valence-electron chi connectivity index (χ1n) is 8.97. The second kappa shape index (κ2) is 9.25. The van der Waals surface area contributed by atoms with E-state index < -0.39 is 9.84 Å². The first-order chi connectivity index (χ1) is 13.8. The maximum atomic E-state index is 12.8. The molecule has 0 spiro atoms. The number of sulfone groups is 1. The normalized spacial score (nSPS) is 12.6. The molecule has 0 N–H and O–H groups in total. The van der Waals surface area contributed by atoms with E-state index in [1.165, 1.54) is 17.6 Å². The lowest BCUT2D eigenvalue weighted by atomic mass is 10.2. The topological polar surface area (TPSA) is 77.7 Å². The second-order valence-electron chi connectivity index (χ2n) is 6.28. The predicted molar refractivity (Wildman–Crippen MR) is 118 cm³/mol. The summed E-state index contributed by atoms with van der Waals surface area (Å²) in [6.45, 7) is 3.50. The summed E-state index contributed by atoms with van der Waals surface area (Å²) in [4.78, 5) is 18.9. The Morgan fingerprint density at radius 2 is 2.03 bits per heavy atom. The molecule has 3 rings (SSSR count). The number of aromatic nitrogens is 1. The van der Waals surface area contributed by atoms with Gasteiger partial charge in [0.1, 0.15) is 0 Å². The van der Waals surface area contributed by atoms with E-state index in [-0.39, 0.29) is 10.8 Å². The molecule has 1 aromatic heterocycles. The molecular formula is C20H22N2O4S3. The molecule has 29 heavy (non-hydrogen) atoms. The van der Waals surface area contributed by atoms with Gasteiger partial charge in [-0.05, 0) is 49.6 Å². The highest BCUT2D eigenvalue weighted by molar-refractivity contribution is 7.98. The quantitative estimate of drug-likeness (QED) is 0.406. The van der Waals surface area contributed by atoms with Gasteiger partial charge in [0, 0.05) is 29.9 Å². The first-order valence-corrected chi connectivity index (χ1v) is 12.9. The maximum absolute atomic E-state index is 12.8. The zero-order chi connectivity index (χ0) is 21.0. The van der Waals surface area contributed by atoms with Gasteiger partial charge in [0.15, 0.2) is 14.6 Å². The van der Waals surface area contributed by atoms with E-state index >= 15 is 0 Å². The number of carbonyl (C=O) groups is 1. The van der Waals surface area contributed by atoms with Crippen molar-refractivity contribution in [3.63, 3.8) is 0 Å². The minimum Gasteiger partial charge on any atom is -0.380 e. The molecule has 3 aromatic rings. The van der Waals surface area contributed by atoms with E-state index in [2.05, 4.69) is 4.99 Å². The molecule has 9 heteroatoms. The number of ether oxygens (including phenoxy) is 1. The summed E-state index contributed by atoms with van der Waals surface area (Å²) in [5.74, 6) is -0.332. The SMILES string of the molecule is CCOCCn1c(=NC(=O)c2cccc(SC)c2)sc2cc(S(C)(=O)=O)ccc21. The summed E-state index contributed by atoms with van der Waals surface area (Å²) in [5.41, 5.74) is 1.34. The lowest BCUT2D eigenvalue weighted by molar-refractivity contribution is 0.0996. The number of hydrogen-bond donors (Lipinski definition) is 0. The Morgan fingerprint density at radius 1 is 1.24 bits per heavy atom. The molecule has 0 saturated heterocycles. The Kier molecular flexibility index (Phi) is 6.94. The van der Waals surface area contributed by atoms with Crippen molar-refractivity contribution in [2.24, 2.45) is 4.99 Å². The van der Waals surface area contributed by atoms with Crippen LogP contribution in [0.15, 0.2) is 57.2 Å². The molecule has 0 atom stereocenters. The summed E-state index contributed by atoms with van der Waals surface area (Å²) in [6.07, 6.45) is 3.13. The number of rotatable bonds is 7. The summed E-state index contributed by atoms with van der Waals surface area (Å²) in [6, 6.07) is 12.3. The van der Waals surface area contributed by atoms with E-state index in [0.717, 1.165) is 15.1 Å². The highest BCUT2D eigenvalue weighted by Crippen LogP contribution is 2.22. The van der Waals surface area contributed by atoms with Crippen molar-refractivity contribution < 1.29 is 17.9 Å². The Morgan fingerprint density at radius 3 is 2.72 bits per heavy atom.